The number of nitrogens with one attached hydrogen (secondary N) is 2. The number of benzene rings is 1. The van der Waals surface area contributed by atoms with E-state index < -0.39 is 17.6 Å². The molecule has 200 valence electrons. The number of halogens is 2. The molecule has 1 aromatic heterocycles. The summed E-state index contributed by atoms with van der Waals surface area (Å²) in [5, 5.41) is 5.78. The van der Waals surface area contributed by atoms with Crippen LogP contribution in [0.2, 0.25) is 5.02 Å². The van der Waals surface area contributed by atoms with Gasteiger partial charge in [-0.25, -0.2) is 9.37 Å². The van der Waals surface area contributed by atoms with Crippen LogP contribution in [0.25, 0.3) is 0 Å². The monoisotopic (exact) mass is 532 g/mol. The van der Waals surface area contributed by atoms with E-state index in [-0.39, 0.29) is 34.3 Å². The summed E-state index contributed by atoms with van der Waals surface area (Å²) >= 11 is 6.02. The maximum atomic E-state index is 13.3. The highest BCUT2D eigenvalue weighted by Gasteiger charge is 2.31. The van der Waals surface area contributed by atoms with E-state index in [0.29, 0.717) is 37.9 Å². The second kappa shape index (κ2) is 12.0. The predicted octanol–water partition coefficient (Wildman–Crippen LogP) is 3.61. The van der Waals surface area contributed by atoms with Crippen molar-refractivity contribution in [3.8, 4) is 0 Å². The van der Waals surface area contributed by atoms with Crippen molar-refractivity contribution in [2.24, 2.45) is 17.6 Å². The number of aromatic nitrogens is 2. The number of imidazole rings is 1. The molecule has 1 aliphatic carbocycles. The van der Waals surface area contributed by atoms with Gasteiger partial charge in [0.25, 0.3) is 11.8 Å². The predicted molar refractivity (Wildman–Crippen MR) is 139 cm³/mol. The summed E-state index contributed by atoms with van der Waals surface area (Å²) in [5.41, 5.74) is 6.15. The molecule has 9 nitrogen and oxygen atoms in total. The average Bonchev–Trinajstić information content (AvgIpc) is 3.33. The smallest absolute Gasteiger partial charge is 0.272 e. The molecule has 1 aromatic carbocycles. The molecule has 2 fully saturated rings. The molecule has 2 aromatic rings. The third-order valence-electron chi connectivity index (χ3n) is 7.48. The Hall–Kier alpha value is -2.98. The minimum absolute atomic E-state index is 0.0329. The molecule has 0 bridgehead atoms. The van der Waals surface area contributed by atoms with Gasteiger partial charge in [-0.2, -0.15) is 0 Å². The van der Waals surface area contributed by atoms with Crippen LogP contribution in [-0.4, -0.2) is 58.4 Å². The van der Waals surface area contributed by atoms with Crippen molar-refractivity contribution in [2.45, 2.75) is 51.5 Å². The normalized spacial score (nSPS) is 20.9. The van der Waals surface area contributed by atoms with Crippen LogP contribution in [0.15, 0.2) is 24.5 Å². The van der Waals surface area contributed by atoms with Crippen LogP contribution < -0.4 is 16.4 Å². The Morgan fingerprint density at radius 1 is 1.14 bits per heavy atom. The first-order valence-electron chi connectivity index (χ1n) is 12.9. The molecule has 11 heteroatoms. The van der Waals surface area contributed by atoms with Crippen molar-refractivity contribution in [1.82, 2.24) is 19.8 Å². The van der Waals surface area contributed by atoms with E-state index in [1.807, 2.05) is 0 Å². The summed E-state index contributed by atoms with van der Waals surface area (Å²) in [6.45, 7) is 5.52. The van der Waals surface area contributed by atoms with Gasteiger partial charge < -0.3 is 25.8 Å². The molecule has 2 heterocycles. The maximum absolute atomic E-state index is 13.3. The first kappa shape index (κ1) is 27.1. The zero-order valence-corrected chi connectivity index (χ0v) is 21.8. The highest BCUT2D eigenvalue weighted by Crippen LogP contribution is 2.34. The summed E-state index contributed by atoms with van der Waals surface area (Å²) in [5.74, 6) is -1.29. The van der Waals surface area contributed by atoms with E-state index in [4.69, 9.17) is 17.3 Å². The Bertz CT molecular complexity index is 1140. The average molecular weight is 533 g/mol. The lowest BCUT2D eigenvalue weighted by atomic mass is 9.85. The Morgan fingerprint density at radius 2 is 1.84 bits per heavy atom. The Kier molecular flexibility index (Phi) is 8.81. The van der Waals surface area contributed by atoms with E-state index in [1.54, 1.807) is 4.57 Å². The summed E-state index contributed by atoms with van der Waals surface area (Å²) in [4.78, 5) is 44.4. The SMILES string of the molecule is CC1CCN(CCNC(=O)c2ncn(C3CCC(C(=O)Nc4ccc(F)cc4Cl)CC3)c2C(N)=O)CC1. The van der Waals surface area contributed by atoms with Crippen molar-refractivity contribution in [2.75, 3.05) is 31.5 Å². The van der Waals surface area contributed by atoms with Gasteiger partial charge in [-0.15, -0.1) is 0 Å². The number of carbonyl (C=O) groups excluding carboxylic acids is 3. The minimum atomic E-state index is -0.710. The molecule has 0 atom stereocenters. The second-order valence-electron chi connectivity index (χ2n) is 10.1. The third kappa shape index (κ3) is 6.67. The van der Waals surface area contributed by atoms with Gasteiger partial charge in [0.2, 0.25) is 5.91 Å². The number of primary amides is 1. The molecule has 2 aliphatic rings. The lowest BCUT2D eigenvalue weighted by molar-refractivity contribution is -0.121. The number of hydrogen-bond donors (Lipinski definition) is 3. The van der Waals surface area contributed by atoms with E-state index >= 15 is 0 Å². The van der Waals surface area contributed by atoms with Gasteiger partial charge in [0, 0.05) is 25.0 Å². The number of likely N-dealkylation sites (tertiary alicyclic amines) is 1. The van der Waals surface area contributed by atoms with Crippen molar-refractivity contribution in [3.63, 3.8) is 0 Å². The molecular weight excluding hydrogens is 499 g/mol. The number of hydrogen-bond acceptors (Lipinski definition) is 5. The van der Waals surface area contributed by atoms with Gasteiger partial charge in [-0.1, -0.05) is 18.5 Å². The van der Waals surface area contributed by atoms with E-state index in [9.17, 15) is 18.8 Å². The maximum Gasteiger partial charge on any atom is 0.272 e. The van der Waals surface area contributed by atoms with Crippen LogP contribution in [0, 0.1) is 17.7 Å². The number of amides is 3. The molecule has 37 heavy (non-hydrogen) atoms. The molecular formula is C26H34ClFN6O3. The van der Waals surface area contributed by atoms with Crippen molar-refractivity contribution >= 4 is 35.0 Å². The zero-order valence-electron chi connectivity index (χ0n) is 21.0. The molecule has 4 N–H and O–H groups in total. The first-order chi connectivity index (χ1) is 17.7. The zero-order chi connectivity index (χ0) is 26.5. The fourth-order valence-corrected chi connectivity index (χ4v) is 5.40. The molecule has 0 radical (unpaired) electrons. The molecule has 1 aliphatic heterocycles. The van der Waals surface area contributed by atoms with Crippen LogP contribution in [0.1, 0.15) is 72.5 Å². The first-order valence-corrected chi connectivity index (χ1v) is 13.2. The Morgan fingerprint density at radius 3 is 2.49 bits per heavy atom. The van der Waals surface area contributed by atoms with Crippen molar-refractivity contribution in [1.29, 1.82) is 0 Å². The Labute approximate surface area is 220 Å². The quantitative estimate of drug-likeness (QED) is 0.479. The highest BCUT2D eigenvalue weighted by molar-refractivity contribution is 6.33. The van der Waals surface area contributed by atoms with E-state index in [1.165, 1.54) is 18.5 Å². The minimum Gasteiger partial charge on any atom is -0.364 e. The number of carbonyl (C=O) groups is 3. The number of piperidine rings is 1. The van der Waals surface area contributed by atoms with Crippen LogP contribution >= 0.6 is 11.6 Å². The van der Waals surface area contributed by atoms with Gasteiger partial charge in [0.05, 0.1) is 17.0 Å². The van der Waals surface area contributed by atoms with Crippen molar-refractivity contribution in [3.05, 3.63) is 46.8 Å². The largest absolute Gasteiger partial charge is 0.364 e. The molecule has 0 spiro atoms. The lowest BCUT2D eigenvalue weighted by Gasteiger charge is -2.30. The van der Waals surface area contributed by atoms with Gasteiger partial charge >= 0.3 is 0 Å². The molecule has 1 saturated heterocycles. The standard InChI is InChI=1S/C26H34ClFN6O3/c1-16-8-11-33(12-9-16)13-10-30-26(37)22-23(24(29)35)34(15-31-22)19-5-2-17(3-6-19)25(36)32-21-7-4-18(28)14-20(21)27/h4,7,14-17,19H,2-3,5-6,8-13H2,1H3,(H2,29,35)(H,30,37)(H,32,36). The van der Waals surface area contributed by atoms with Crippen LogP contribution in [0.3, 0.4) is 0 Å². The van der Waals surface area contributed by atoms with Gasteiger partial charge in [0.15, 0.2) is 5.69 Å². The number of nitrogens with zero attached hydrogens (tertiary/aromatic N) is 3. The summed E-state index contributed by atoms with van der Waals surface area (Å²) in [7, 11) is 0. The van der Waals surface area contributed by atoms with Crippen LogP contribution in [0.5, 0.6) is 0 Å². The number of anilines is 1. The fraction of sp³-hybridized carbons (Fsp3) is 0.538. The van der Waals surface area contributed by atoms with Crippen LogP contribution in [0.4, 0.5) is 10.1 Å². The molecule has 1 saturated carbocycles. The lowest BCUT2D eigenvalue weighted by Crippen LogP contribution is -2.39. The van der Waals surface area contributed by atoms with Gasteiger partial charge in [-0.3, -0.25) is 14.4 Å². The Balaban J connectivity index is 1.33. The summed E-state index contributed by atoms with van der Waals surface area (Å²) in [6.07, 6.45) is 6.18. The molecule has 0 unspecified atom stereocenters. The number of rotatable bonds is 8. The molecule has 3 amide bonds. The van der Waals surface area contributed by atoms with E-state index in [0.717, 1.165) is 44.5 Å². The fourth-order valence-electron chi connectivity index (χ4n) is 5.19. The highest BCUT2D eigenvalue weighted by atomic mass is 35.5. The third-order valence-corrected chi connectivity index (χ3v) is 7.79. The van der Waals surface area contributed by atoms with E-state index in [2.05, 4.69) is 27.4 Å². The number of nitrogens with two attached hydrogens (primary N) is 1. The van der Waals surface area contributed by atoms with Gasteiger partial charge in [-0.05, 0) is 75.7 Å². The molecule has 4 rings (SSSR count). The van der Waals surface area contributed by atoms with Crippen LogP contribution in [-0.2, 0) is 4.79 Å². The summed E-state index contributed by atoms with van der Waals surface area (Å²) in [6, 6.07) is 3.72. The van der Waals surface area contributed by atoms with Gasteiger partial charge in [0.1, 0.15) is 11.5 Å². The van der Waals surface area contributed by atoms with Crippen molar-refractivity contribution < 1.29 is 18.8 Å². The summed E-state index contributed by atoms with van der Waals surface area (Å²) < 4.78 is 14.9. The second-order valence-corrected chi connectivity index (χ2v) is 10.5. The topological polar surface area (TPSA) is 122 Å².